The van der Waals surface area contributed by atoms with Crippen LogP contribution in [0.4, 0.5) is 0 Å². The van der Waals surface area contributed by atoms with Crippen LogP contribution in [-0.2, 0) is 11.3 Å². The molecule has 1 atom stereocenters. The largest absolute Gasteiger partial charge is 0.378 e. The smallest absolute Gasteiger partial charge is 0.253 e. The summed E-state index contributed by atoms with van der Waals surface area (Å²) in [4.78, 5) is 11.8. The number of carbonyl (C=O) groups is 1. The first kappa shape index (κ1) is 13.6. The van der Waals surface area contributed by atoms with E-state index in [2.05, 4.69) is 5.32 Å². The third-order valence-electron chi connectivity index (χ3n) is 2.74. The lowest BCUT2D eigenvalue weighted by atomic mass is 10.1. The summed E-state index contributed by atoms with van der Waals surface area (Å²) in [5, 5.41) is 13.2. The number of hydrogen-bond donors (Lipinski definition) is 2. The SMILES string of the molecule is O=C(NCc1ccccc1)C(O)c1ccc(Cl)cc1. The van der Waals surface area contributed by atoms with Gasteiger partial charge in [0.1, 0.15) is 0 Å². The standard InChI is InChI=1S/C15H14ClNO2/c16-13-8-6-12(7-9-13)14(18)15(19)17-10-11-4-2-1-3-5-11/h1-9,14,18H,10H2,(H,17,19). The van der Waals surface area contributed by atoms with Crippen LogP contribution < -0.4 is 5.32 Å². The molecule has 2 N–H and O–H groups in total. The quantitative estimate of drug-likeness (QED) is 0.901. The number of rotatable bonds is 4. The second kappa shape index (κ2) is 6.36. The van der Waals surface area contributed by atoms with E-state index >= 15 is 0 Å². The first-order valence-electron chi connectivity index (χ1n) is 5.92. The average Bonchev–Trinajstić information content (AvgIpc) is 2.46. The summed E-state index contributed by atoms with van der Waals surface area (Å²) in [5.41, 5.74) is 1.51. The van der Waals surface area contributed by atoms with Gasteiger partial charge in [0.05, 0.1) is 0 Å². The summed E-state index contributed by atoms with van der Waals surface area (Å²) in [6.45, 7) is 0.393. The lowest BCUT2D eigenvalue weighted by Crippen LogP contribution is -2.28. The van der Waals surface area contributed by atoms with Crippen LogP contribution >= 0.6 is 11.6 Å². The Labute approximate surface area is 116 Å². The van der Waals surface area contributed by atoms with Crippen molar-refractivity contribution < 1.29 is 9.90 Å². The Morgan fingerprint density at radius 1 is 1.11 bits per heavy atom. The Balaban J connectivity index is 1.94. The van der Waals surface area contributed by atoms with E-state index in [0.717, 1.165) is 5.56 Å². The molecule has 0 saturated heterocycles. The van der Waals surface area contributed by atoms with E-state index in [0.29, 0.717) is 17.1 Å². The van der Waals surface area contributed by atoms with Crippen LogP contribution in [0.25, 0.3) is 0 Å². The number of aliphatic hydroxyl groups excluding tert-OH is 1. The number of nitrogens with one attached hydrogen (secondary N) is 1. The normalized spacial score (nSPS) is 11.9. The Kier molecular flexibility index (Phi) is 4.55. The maximum absolute atomic E-state index is 11.8. The van der Waals surface area contributed by atoms with Crippen molar-refractivity contribution in [1.29, 1.82) is 0 Å². The first-order chi connectivity index (χ1) is 9.16. The van der Waals surface area contributed by atoms with E-state index < -0.39 is 12.0 Å². The van der Waals surface area contributed by atoms with E-state index in [-0.39, 0.29) is 0 Å². The molecule has 4 heteroatoms. The zero-order valence-electron chi connectivity index (χ0n) is 10.2. The van der Waals surface area contributed by atoms with Crippen molar-refractivity contribution >= 4 is 17.5 Å². The number of aliphatic hydroxyl groups is 1. The van der Waals surface area contributed by atoms with Gasteiger partial charge < -0.3 is 10.4 Å². The van der Waals surface area contributed by atoms with Crippen LogP contribution in [0.2, 0.25) is 5.02 Å². The molecule has 0 radical (unpaired) electrons. The summed E-state index contributed by atoms with van der Waals surface area (Å²) >= 11 is 5.75. The molecule has 2 rings (SSSR count). The van der Waals surface area contributed by atoms with Crippen molar-refractivity contribution in [2.45, 2.75) is 12.6 Å². The number of hydrogen-bond acceptors (Lipinski definition) is 2. The monoisotopic (exact) mass is 275 g/mol. The molecular formula is C15H14ClNO2. The fraction of sp³-hybridized carbons (Fsp3) is 0.133. The average molecular weight is 276 g/mol. The highest BCUT2D eigenvalue weighted by Crippen LogP contribution is 2.16. The van der Waals surface area contributed by atoms with Crippen molar-refractivity contribution in [3.63, 3.8) is 0 Å². The summed E-state index contributed by atoms with van der Waals surface area (Å²) < 4.78 is 0. The Bertz CT molecular complexity index is 540. The lowest BCUT2D eigenvalue weighted by Gasteiger charge is -2.11. The molecule has 0 aliphatic heterocycles. The van der Waals surface area contributed by atoms with Crippen LogP contribution in [0.5, 0.6) is 0 Å². The molecular weight excluding hydrogens is 262 g/mol. The van der Waals surface area contributed by atoms with Crippen molar-refractivity contribution in [2.24, 2.45) is 0 Å². The van der Waals surface area contributed by atoms with Gasteiger partial charge in [0.25, 0.3) is 5.91 Å². The Hall–Kier alpha value is -1.84. The minimum absolute atomic E-state index is 0.393. The zero-order chi connectivity index (χ0) is 13.7. The van der Waals surface area contributed by atoms with Crippen molar-refractivity contribution in [2.75, 3.05) is 0 Å². The molecule has 0 saturated carbocycles. The Morgan fingerprint density at radius 2 is 1.74 bits per heavy atom. The number of carbonyl (C=O) groups excluding carboxylic acids is 1. The molecule has 0 aromatic heterocycles. The third-order valence-corrected chi connectivity index (χ3v) is 3.00. The third kappa shape index (κ3) is 3.81. The summed E-state index contributed by atoms with van der Waals surface area (Å²) in [6.07, 6.45) is -1.18. The maximum atomic E-state index is 11.8. The van der Waals surface area contributed by atoms with Crippen LogP contribution in [0.15, 0.2) is 54.6 Å². The van der Waals surface area contributed by atoms with E-state index in [1.807, 2.05) is 30.3 Å². The molecule has 0 aliphatic rings. The molecule has 3 nitrogen and oxygen atoms in total. The summed E-state index contributed by atoms with van der Waals surface area (Å²) in [7, 11) is 0. The zero-order valence-corrected chi connectivity index (χ0v) is 11.0. The van der Waals surface area contributed by atoms with Gasteiger partial charge in [0.2, 0.25) is 0 Å². The van der Waals surface area contributed by atoms with Gasteiger partial charge in [0.15, 0.2) is 6.10 Å². The molecule has 1 unspecified atom stereocenters. The maximum Gasteiger partial charge on any atom is 0.253 e. The van der Waals surface area contributed by atoms with Crippen LogP contribution in [0.3, 0.4) is 0 Å². The van der Waals surface area contributed by atoms with Crippen molar-refractivity contribution in [3.8, 4) is 0 Å². The number of amides is 1. The molecule has 0 bridgehead atoms. The minimum Gasteiger partial charge on any atom is -0.378 e. The molecule has 0 spiro atoms. The van der Waals surface area contributed by atoms with E-state index in [9.17, 15) is 9.90 Å². The van der Waals surface area contributed by atoms with E-state index in [4.69, 9.17) is 11.6 Å². The van der Waals surface area contributed by atoms with Gasteiger partial charge in [-0.1, -0.05) is 54.1 Å². The second-order valence-corrected chi connectivity index (χ2v) is 4.59. The molecule has 0 heterocycles. The van der Waals surface area contributed by atoms with Gasteiger partial charge in [-0.25, -0.2) is 0 Å². The second-order valence-electron chi connectivity index (χ2n) is 4.16. The van der Waals surface area contributed by atoms with Gasteiger partial charge in [-0.15, -0.1) is 0 Å². The van der Waals surface area contributed by atoms with E-state index in [1.165, 1.54) is 0 Å². The van der Waals surface area contributed by atoms with E-state index in [1.54, 1.807) is 24.3 Å². The molecule has 1 amide bonds. The lowest BCUT2D eigenvalue weighted by molar-refractivity contribution is -0.129. The van der Waals surface area contributed by atoms with Gasteiger partial charge >= 0.3 is 0 Å². The van der Waals surface area contributed by atoms with Crippen LogP contribution in [-0.4, -0.2) is 11.0 Å². The van der Waals surface area contributed by atoms with Crippen molar-refractivity contribution in [1.82, 2.24) is 5.32 Å². The van der Waals surface area contributed by atoms with Crippen LogP contribution in [0, 0.1) is 0 Å². The molecule has 2 aromatic rings. The predicted molar refractivity (Wildman–Crippen MR) is 74.7 cm³/mol. The fourth-order valence-electron chi connectivity index (χ4n) is 1.68. The minimum atomic E-state index is -1.18. The highest BCUT2D eigenvalue weighted by molar-refractivity contribution is 6.30. The van der Waals surface area contributed by atoms with Crippen molar-refractivity contribution in [3.05, 3.63) is 70.7 Å². The number of benzene rings is 2. The molecule has 19 heavy (non-hydrogen) atoms. The Morgan fingerprint density at radius 3 is 2.37 bits per heavy atom. The van der Waals surface area contributed by atoms with Gasteiger partial charge in [-0.05, 0) is 23.3 Å². The topological polar surface area (TPSA) is 49.3 Å². The fourth-order valence-corrected chi connectivity index (χ4v) is 1.80. The van der Waals surface area contributed by atoms with Crippen LogP contribution in [0.1, 0.15) is 17.2 Å². The first-order valence-corrected chi connectivity index (χ1v) is 6.30. The molecule has 98 valence electrons. The summed E-state index contributed by atoms with van der Waals surface area (Å²) in [5.74, 6) is -0.425. The van der Waals surface area contributed by atoms with Gasteiger partial charge in [-0.3, -0.25) is 4.79 Å². The highest BCUT2D eigenvalue weighted by atomic mass is 35.5. The highest BCUT2D eigenvalue weighted by Gasteiger charge is 2.16. The van der Waals surface area contributed by atoms with Gasteiger partial charge in [-0.2, -0.15) is 0 Å². The molecule has 2 aromatic carbocycles. The predicted octanol–water partition coefficient (Wildman–Crippen LogP) is 2.69. The summed E-state index contributed by atoms with van der Waals surface area (Å²) in [6, 6.07) is 16.1. The molecule has 0 fully saturated rings. The van der Waals surface area contributed by atoms with Gasteiger partial charge in [0, 0.05) is 11.6 Å². The molecule has 0 aliphatic carbocycles. The number of halogens is 1.